The number of piperidine rings is 1. The number of benzene rings is 1. The van der Waals surface area contributed by atoms with Crippen molar-refractivity contribution in [1.82, 2.24) is 10.2 Å². The highest BCUT2D eigenvalue weighted by molar-refractivity contribution is 5.79. The second-order valence-electron chi connectivity index (χ2n) is 4.99. The summed E-state index contributed by atoms with van der Waals surface area (Å²) in [5.74, 6) is 0.591. The molecule has 1 aromatic carbocycles. The van der Waals surface area contributed by atoms with Gasteiger partial charge < -0.3 is 10.2 Å². The van der Waals surface area contributed by atoms with Gasteiger partial charge in [0.1, 0.15) is 0 Å². The molecule has 0 aliphatic carbocycles. The van der Waals surface area contributed by atoms with Gasteiger partial charge in [-0.25, -0.2) is 0 Å². The molecule has 0 spiro atoms. The van der Waals surface area contributed by atoms with E-state index in [-0.39, 0.29) is 5.92 Å². The predicted octanol–water partition coefficient (Wildman–Crippen LogP) is 1.53. The summed E-state index contributed by atoms with van der Waals surface area (Å²) in [6.45, 7) is 3.58. The first-order chi connectivity index (χ1) is 8.34. The van der Waals surface area contributed by atoms with Crippen LogP contribution in [0.2, 0.25) is 0 Å². The van der Waals surface area contributed by atoms with Crippen molar-refractivity contribution in [3.63, 3.8) is 0 Å². The zero-order valence-electron chi connectivity index (χ0n) is 9.98. The first-order valence-electron chi connectivity index (χ1n) is 6.41. The summed E-state index contributed by atoms with van der Waals surface area (Å²) in [4.78, 5) is 14.4. The number of hydrogen-bond acceptors (Lipinski definition) is 2. The number of fused-ring (bicyclic) bond motifs is 1. The Bertz CT molecular complexity index is 399. The molecule has 1 saturated heterocycles. The second kappa shape index (κ2) is 4.49. The number of hydrogen-bond donors (Lipinski definition) is 1. The molecule has 0 aromatic heterocycles. The summed E-state index contributed by atoms with van der Waals surface area (Å²) in [5.41, 5.74) is 2.63. The van der Waals surface area contributed by atoms with E-state index in [1.54, 1.807) is 0 Å². The minimum Gasteiger partial charge on any atom is -0.334 e. The number of nitrogens with one attached hydrogen (secondary N) is 1. The third-order valence-corrected chi connectivity index (χ3v) is 3.84. The average Bonchev–Trinajstić information content (AvgIpc) is 2.82. The molecule has 0 unspecified atom stereocenters. The highest BCUT2D eigenvalue weighted by Crippen LogP contribution is 2.25. The van der Waals surface area contributed by atoms with Gasteiger partial charge in [0, 0.05) is 19.0 Å². The number of carbonyl (C=O) groups excluding carboxylic acids is 1. The van der Waals surface area contributed by atoms with Crippen LogP contribution in [0.3, 0.4) is 0 Å². The van der Waals surface area contributed by atoms with Crippen LogP contribution in [0.4, 0.5) is 0 Å². The number of amides is 1. The minimum atomic E-state index is 0.241. The molecule has 0 bridgehead atoms. The van der Waals surface area contributed by atoms with E-state index in [0.29, 0.717) is 5.91 Å². The fourth-order valence-electron chi connectivity index (χ4n) is 2.82. The zero-order chi connectivity index (χ0) is 11.7. The van der Waals surface area contributed by atoms with E-state index in [9.17, 15) is 4.79 Å². The van der Waals surface area contributed by atoms with Gasteiger partial charge in [0.15, 0.2) is 0 Å². The highest BCUT2D eigenvalue weighted by Gasteiger charge is 2.29. The Morgan fingerprint density at radius 3 is 2.29 bits per heavy atom. The molecule has 1 amide bonds. The Labute approximate surface area is 102 Å². The summed E-state index contributed by atoms with van der Waals surface area (Å²) in [6.07, 6.45) is 1.98. The Morgan fingerprint density at radius 1 is 1.12 bits per heavy atom. The fourth-order valence-corrected chi connectivity index (χ4v) is 2.82. The van der Waals surface area contributed by atoms with Crippen LogP contribution < -0.4 is 5.32 Å². The molecule has 1 fully saturated rings. The molecule has 2 heterocycles. The van der Waals surface area contributed by atoms with Gasteiger partial charge in [-0.05, 0) is 37.1 Å². The molecule has 0 saturated carbocycles. The quantitative estimate of drug-likeness (QED) is 0.793. The van der Waals surface area contributed by atoms with Gasteiger partial charge in [0.05, 0.1) is 0 Å². The van der Waals surface area contributed by atoms with Crippen LogP contribution >= 0.6 is 0 Å². The molecule has 0 atom stereocenters. The fraction of sp³-hybridized carbons (Fsp3) is 0.500. The summed E-state index contributed by atoms with van der Waals surface area (Å²) in [7, 11) is 0. The Balaban J connectivity index is 1.69. The van der Waals surface area contributed by atoms with Crippen LogP contribution in [-0.2, 0) is 17.9 Å². The lowest BCUT2D eigenvalue weighted by molar-refractivity contribution is -0.137. The van der Waals surface area contributed by atoms with Crippen molar-refractivity contribution in [2.45, 2.75) is 25.9 Å². The number of rotatable bonds is 1. The third kappa shape index (κ3) is 2.07. The molecule has 1 aromatic rings. The molecule has 2 aliphatic rings. The molecule has 0 radical (unpaired) electrons. The number of nitrogens with zero attached hydrogens (tertiary/aromatic N) is 1. The van der Waals surface area contributed by atoms with Gasteiger partial charge in [-0.15, -0.1) is 0 Å². The zero-order valence-corrected chi connectivity index (χ0v) is 9.98. The Hall–Kier alpha value is -1.35. The van der Waals surface area contributed by atoms with Crippen molar-refractivity contribution < 1.29 is 4.79 Å². The van der Waals surface area contributed by atoms with Crippen molar-refractivity contribution in [2.24, 2.45) is 5.92 Å². The van der Waals surface area contributed by atoms with Crippen molar-refractivity contribution >= 4 is 5.91 Å². The van der Waals surface area contributed by atoms with Crippen LogP contribution in [0.5, 0.6) is 0 Å². The van der Waals surface area contributed by atoms with Gasteiger partial charge in [-0.3, -0.25) is 4.79 Å². The normalized spacial score (nSPS) is 20.4. The highest BCUT2D eigenvalue weighted by atomic mass is 16.2. The van der Waals surface area contributed by atoms with E-state index in [2.05, 4.69) is 29.6 Å². The molecule has 17 heavy (non-hydrogen) atoms. The van der Waals surface area contributed by atoms with Crippen LogP contribution in [0, 0.1) is 5.92 Å². The largest absolute Gasteiger partial charge is 0.334 e. The summed E-state index contributed by atoms with van der Waals surface area (Å²) < 4.78 is 0. The van der Waals surface area contributed by atoms with Gasteiger partial charge in [-0.2, -0.15) is 0 Å². The smallest absolute Gasteiger partial charge is 0.226 e. The van der Waals surface area contributed by atoms with E-state index in [4.69, 9.17) is 0 Å². The summed E-state index contributed by atoms with van der Waals surface area (Å²) >= 11 is 0. The van der Waals surface area contributed by atoms with E-state index < -0.39 is 0 Å². The monoisotopic (exact) mass is 230 g/mol. The standard InChI is InChI=1S/C14H18N2O/c17-14(11-5-7-15-8-6-11)16-9-12-3-1-2-4-13(12)10-16/h1-4,11,15H,5-10H2. The molecule has 1 N–H and O–H groups in total. The second-order valence-corrected chi connectivity index (χ2v) is 4.99. The van der Waals surface area contributed by atoms with E-state index in [1.807, 2.05) is 4.90 Å². The van der Waals surface area contributed by atoms with E-state index in [1.165, 1.54) is 11.1 Å². The van der Waals surface area contributed by atoms with Crippen LogP contribution in [0.15, 0.2) is 24.3 Å². The van der Waals surface area contributed by atoms with Crippen molar-refractivity contribution in [2.75, 3.05) is 13.1 Å². The lowest BCUT2D eigenvalue weighted by Crippen LogP contribution is -2.38. The maximum atomic E-state index is 12.4. The van der Waals surface area contributed by atoms with Gasteiger partial charge in [-0.1, -0.05) is 24.3 Å². The van der Waals surface area contributed by atoms with Gasteiger partial charge in [0.2, 0.25) is 5.91 Å². The van der Waals surface area contributed by atoms with Crippen LogP contribution in [0.25, 0.3) is 0 Å². The Morgan fingerprint density at radius 2 is 1.71 bits per heavy atom. The third-order valence-electron chi connectivity index (χ3n) is 3.84. The Kier molecular flexibility index (Phi) is 2.85. The molecular weight excluding hydrogens is 212 g/mol. The van der Waals surface area contributed by atoms with Crippen molar-refractivity contribution in [3.05, 3.63) is 35.4 Å². The molecule has 3 rings (SSSR count). The molecule has 2 aliphatic heterocycles. The average molecular weight is 230 g/mol. The number of carbonyl (C=O) groups is 1. The van der Waals surface area contributed by atoms with Gasteiger partial charge >= 0.3 is 0 Å². The molecule has 90 valence electrons. The maximum Gasteiger partial charge on any atom is 0.226 e. The van der Waals surface area contributed by atoms with Crippen LogP contribution in [0.1, 0.15) is 24.0 Å². The summed E-state index contributed by atoms with van der Waals surface area (Å²) in [5, 5.41) is 3.31. The van der Waals surface area contributed by atoms with E-state index in [0.717, 1.165) is 39.0 Å². The molecule has 3 heteroatoms. The molecular formula is C14H18N2O. The molecule has 3 nitrogen and oxygen atoms in total. The predicted molar refractivity (Wildman–Crippen MR) is 66.3 cm³/mol. The first kappa shape index (κ1) is 10.8. The lowest BCUT2D eigenvalue weighted by Gasteiger charge is -2.26. The lowest BCUT2D eigenvalue weighted by atomic mass is 9.97. The first-order valence-corrected chi connectivity index (χ1v) is 6.41. The topological polar surface area (TPSA) is 32.3 Å². The maximum absolute atomic E-state index is 12.4. The van der Waals surface area contributed by atoms with Crippen molar-refractivity contribution in [3.8, 4) is 0 Å². The van der Waals surface area contributed by atoms with Crippen molar-refractivity contribution in [1.29, 1.82) is 0 Å². The minimum absolute atomic E-state index is 0.241. The van der Waals surface area contributed by atoms with E-state index >= 15 is 0 Å². The summed E-state index contributed by atoms with van der Waals surface area (Å²) in [6, 6.07) is 8.37. The van der Waals surface area contributed by atoms with Gasteiger partial charge in [0.25, 0.3) is 0 Å². The SMILES string of the molecule is O=C(C1CCNCC1)N1Cc2ccccc2C1. The van der Waals surface area contributed by atoms with Crippen LogP contribution in [-0.4, -0.2) is 23.9 Å².